The number of aromatic nitrogens is 1. The Kier molecular flexibility index (Phi) is 3.83. The summed E-state index contributed by atoms with van der Waals surface area (Å²) in [5, 5.41) is 4.04. The highest BCUT2D eigenvalue weighted by molar-refractivity contribution is 7.18. The van der Waals surface area contributed by atoms with Crippen LogP contribution in [-0.2, 0) is 4.79 Å². The molecule has 0 bridgehead atoms. The monoisotopic (exact) mass is 286 g/mol. The van der Waals surface area contributed by atoms with Gasteiger partial charge in [-0.2, -0.15) is 0 Å². The Balaban J connectivity index is 1.93. The van der Waals surface area contributed by atoms with Crippen molar-refractivity contribution in [2.45, 2.75) is 25.7 Å². The van der Waals surface area contributed by atoms with Crippen LogP contribution in [0, 0.1) is 5.92 Å². The zero-order chi connectivity index (χ0) is 13.9. The minimum atomic E-state index is 0.0144. The van der Waals surface area contributed by atoms with Gasteiger partial charge in [0.2, 0.25) is 5.91 Å². The average Bonchev–Trinajstić information content (AvgIpc) is 2.91. The molecule has 1 aromatic heterocycles. The number of benzene rings is 1. The number of fused-ring (bicyclic) bond motifs is 1. The van der Waals surface area contributed by atoms with E-state index in [9.17, 15) is 4.79 Å². The van der Waals surface area contributed by atoms with E-state index in [0.29, 0.717) is 6.54 Å². The van der Waals surface area contributed by atoms with Crippen molar-refractivity contribution < 1.29 is 4.79 Å². The minimum Gasteiger partial charge on any atom is -0.356 e. The van der Waals surface area contributed by atoms with Crippen LogP contribution >= 0.6 is 11.3 Å². The molecule has 0 spiro atoms. The van der Waals surface area contributed by atoms with E-state index in [1.54, 1.807) is 11.3 Å². The first kappa shape index (κ1) is 13.3. The van der Waals surface area contributed by atoms with Gasteiger partial charge in [0, 0.05) is 12.5 Å². The van der Waals surface area contributed by atoms with Gasteiger partial charge in [0.1, 0.15) is 0 Å². The highest BCUT2D eigenvalue weighted by atomic mass is 32.1. The molecule has 1 N–H and O–H groups in total. The molecular formula is C16H18N2OS. The molecule has 1 aliphatic carbocycles. The van der Waals surface area contributed by atoms with Gasteiger partial charge in [-0.3, -0.25) is 4.79 Å². The molecule has 1 amide bonds. The van der Waals surface area contributed by atoms with Gasteiger partial charge in [-0.15, -0.1) is 11.3 Å². The number of nitrogens with one attached hydrogen (secondary N) is 1. The van der Waals surface area contributed by atoms with E-state index in [-0.39, 0.29) is 17.7 Å². The van der Waals surface area contributed by atoms with Crippen molar-refractivity contribution >= 4 is 27.5 Å². The summed E-state index contributed by atoms with van der Waals surface area (Å²) in [6.45, 7) is 2.65. The highest BCUT2D eigenvalue weighted by Gasteiger charge is 2.31. The third-order valence-electron chi connectivity index (χ3n) is 3.75. The quantitative estimate of drug-likeness (QED) is 0.878. The lowest BCUT2D eigenvalue weighted by Gasteiger charge is -2.25. The van der Waals surface area contributed by atoms with Crippen molar-refractivity contribution in [1.82, 2.24) is 10.3 Å². The zero-order valence-corrected chi connectivity index (χ0v) is 12.3. The van der Waals surface area contributed by atoms with Gasteiger partial charge >= 0.3 is 0 Å². The second-order valence-corrected chi connectivity index (χ2v) is 6.13. The molecule has 20 heavy (non-hydrogen) atoms. The average molecular weight is 286 g/mol. The number of para-hydroxylation sites is 1. The van der Waals surface area contributed by atoms with Gasteiger partial charge in [-0.1, -0.05) is 24.3 Å². The second kappa shape index (κ2) is 5.75. The van der Waals surface area contributed by atoms with Crippen LogP contribution in [-0.4, -0.2) is 17.4 Å². The molecule has 1 heterocycles. The van der Waals surface area contributed by atoms with Gasteiger partial charge in [0.15, 0.2) is 0 Å². The Hall–Kier alpha value is -1.68. The summed E-state index contributed by atoms with van der Waals surface area (Å²) in [6, 6.07) is 8.17. The Bertz CT molecular complexity index is 614. The number of thiazole rings is 1. The van der Waals surface area contributed by atoms with Crippen LogP contribution in [0.15, 0.2) is 36.4 Å². The summed E-state index contributed by atoms with van der Waals surface area (Å²) in [7, 11) is 0. The number of nitrogens with zero attached hydrogens (tertiary/aromatic N) is 1. The Morgan fingerprint density at radius 1 is 1.35 bits per heavy atom. The van der Waals surface area contributed by atoms with E-state index in [2.05, 4.69) is 23.5 Å². The van der Waals surface area contributed by atoms with Gasteiger partial charge in [-0.05, 0) is 31.9 Å². The molecule has 2 aromatic rings. The Morgan fingerprint density at radius 3 is 2.95 bits per heavy atom. The summed E-state index contributed by atoms with van der Waals surface area (Å²) < 4.78 is 1.20. The number of amides is 1. The molecule has 4 heteroatoms. The maximum absolute atomic E-state index is 12.2. The normalized spacial score (nSPS) is 22.1. The highest BCUT2D eigenvalue weighted by Crippen LogP contribution is 2.38. The maximum Gasteiger partial charge on any atom is 0.224 e. The SMILES string of the molecule is CCNC(=O)[C@H]1CC=CC[C@H]1c1nc2ccccc2s1. The standard InChI is InChI=1S/C16H18N2OS/c1-2-17-15(19)11-7-3-4-8-12(11)16-18-13-9-5-6-10-14(13)20-16/h3-6,9-12H,2,7-8H2,1H3,(H,17,19)/t11-,12+/m0/s1. The zero-order valence-electron chi connectivity index (χ0n) is 11.5. The van der Waals surface area contributed by atoms with Gasteiger partial charge < -0.3 is 5.32 Å². The van der Waals surface area contributed by atoms with Crippen molar-refractivity contribution in [1.29, 1.82) is 0 Å². The van der Waals surface area contributed by atoms with Crippen LogP contribution in [0.2, 0.25) is 0 Å². The van der Waals surface area contributed by atoms with Crippen LogP contribution < -0.4 is 5.32 Å². The van der Waals surface area contributed by atoms with E-state index < -0.39 is 0 Å². The molecule has 0 saturated heterocycles. The van der Waals surface area contributed by atoms with Crippen molar-refractivity contribution in [3.63, 3.8) is 0 Å². The Morgan fingerprint density at radius 2 is 2.15 bits per heavy atom. The molecule has 0 fully saturated rings. The van der Waals surface area contributed by atoms with Gasteiger partial charge in [-0.25, -0.2) is 4.98 Å². The number of hydrogen-bond acceptors (Lipinski definition) is 3. The molecule has 2 atom stereocenters. The third kappa shape index (κ3) is 2.48. The lowest BCUT2D eigenvalue weighted by atomic mass is 9.82. The molecule has 0 unspecified atom stereocenters. The first-order chi connectivity index (χ1) is 9.79. The van der Waals surface area contributed by atoms with Crippen LogP contribution in [0.25, 0.3) is 10.2 Å². The van der Waals surface area contributed by atoms with Crippen LogP contribution in [0.5, 0.6) is 0 Å². The van der Waals surface area contributed by atoms with E-state index >= 15 is 0 Å². The predicted molar refractivity (Wildman–Crippen MR) is 82.9 cm³/mol. The predicted octanol–water partition coefficient (Wildman–Crippen LogP) is 3.48. The number of hydrogen-bond donors (Lipinski definition) is 1. The number of rotatable bonds is 3. The summed E-state index contributed by atoms with van der Waals surface area (Å²) in [6.07, 6.45) is 6.00. The maximum atomic E-state index is 12.2. The lowest BCUT2D eigenvalue weighted by Crippen LogP contribution is -2.34. The van der Waals surface area contributed by atoms with E-state index in [0.717, 1.165) is 23.4 Å². The molecule has 0 radical (unpaired) electrons. The summed E-state index contributed by atoms with van der Waals surface area (Å²) in [5.74, 6) is 0.380. The summed E-state index contributed by atoms with van der Waals surface area (Å²) >= 11 is 1.72. The molecule has 1 aromatic carbocycles. The Labute approximate surface area is 122 Å². The van der Waals surface area contributed by atoms with Gasteiger partial charge in [0.05, 0.1) is 21.1 Å². The molecule has 3 nitrogen and oxygen atoms in total. The summed E-state index contributed by atoms with van der Waals surface area (Å²) in [5.41, 5.74) is 1.04. The largest absolute Gasteiger partial charge is 0.356 e. The first-order valence-corrected chi connectivity index (χ1v) is 7.89. The van der Waals surface area contributed by atoms with Gasteiger partial charge in [0.25, 0.3) is 0 Å². The van der Waals surface area contributed by atoms with E-state index in [1.807, 2.05) is 25.1 Å². The molecule has 0 saturated carbocycles. The summed E-state index contributed by atoms with van der Waals surface area (Å²) in [4.78, 5) is 17.0. The van der Waals surface area contributed by atoms with Crippen molar-refractivity contribution in [3.05, 3.63) is 41.4 Å². The topological polar surface area (TPSA) is 42.0 Å². The fourth-order valence-corrected chi connectivity index (χ4v) is 3.88. The number of allylic oxidation sites excluding steroid dienone is 2. The van der Waals surface area contributed by atoms with Crippen LogP contribution in [0.4, 0.5) is 0 Å². The van der Waals surface area contributed by atoms with Crippen LogP contribution in [0.1, 0.15) is 30.7 Å². The fourth-order valence-electron chi connectivity index (χ4n) is 2.73. The van der Waals surface area contributed by atoms with Crippen LogP contribution in [0.3, 0.4) is 0 Å². The molecule has 1 aliphatic rings. The molecule has 3 rings (SSSR count). The van der Waals surface area contributed by atoms with E-state index in [4.69, 9.17) is 4.98 Å². The number of carbonyl (C=O) groups excluding carboxylic acids is 1. The molecule has 104 valence electrons. The molecule has 0 aliphatic heterocycles. The number of carbonyl (C=O) groups is 1. The van der Waals surface area contributed by atoms with Crippen molar-refractivity contribution in [3.8, 4) is 0 Å². The third-order valence-corrected chi connectivity index (χ3v) is 4.92. The second-order valence-electron chi connectivity index (χ2n) is 5.07. The van der Waals surface area contributed by atoms with E-state index in [1.165, 1.54) is 4.70 Å². The fraction of sp³-hybridized carbons (Fsp3) is 0.375. The smallest absolute Gasteiger partial charge is 0.224 e. The first-order valence-electron chi connectivity index (χ1n) is 7.07. The molecular weight excluding hydrogens is 268 g/mol. The van der Waals surface area contributed by atoms with Crippen molar-refractivity contribution in [2.75, 3.05) is 6.54 Å². The minimum absolute atomic E-state index is 0.0144. The van der Waals surface area contributed by atoms with Crippen molar-refractivity contribution in [2.24, 2.45) is 5.92 Å². The lowest BCUT2D eigenvalue weighted by molar-refractivity contribution is -0.125.